The highest BCUT2D eigenvalue weighted by atomic mass is 16.5. The molecule has 132 valence electrons. The van der Waals surface area contributed by atoms with Crippen LogP contribution in [0.25, 0.3) is 22.6 Å². The molecule has 1 aromatic carbocycles. The van der Waals surface area contributed by atoms with Gasteiger partial charge in [-0.3, -0.25) is 0 Å². The number of hydrogen-bond donors (Lipinski definition) is 1. The molecule has 5 nitrogen and oxygen atoms in total. The second-order valence-electron chi connectivity index (χ2n) is 6.10. The molecule has 0 atom stereocenters. The molecule has 1 aliphatic carbocycles. The first-order valence-corrected chi connectivity index (χ1v) is 8.82. The van der Waals surface area contributed by atoms with Crippen molar-refractivity contribution in [1.29, 1.82) is 0 Å². The number of benzene rings is 2. The van der Waals surface area contributed by atoms with E-state index in [9.17, 15) is 0 Å². The number of methoxy groups -OCH3 is 1. The molecule has 0 saturated carbocycles. The zero-order valence-electron chi connectivity index (χ0n) is 15.4. The van der Waals surface area contributed by atoms with Crippen molar-refractivity contribution in [3.63, 3.8) is 0 Å². The minimum absolute atomic E-state index is 0.699. The zero-order valence-corrected chi connectivity index (χ0v) is 15.4. The highest BCUT2D eigenvalue weighted by molar-refractivity contribution is 5.81. The monoisotopic (exact) mass is 340 g/mol. The number of ether oxygens (including phenoxy) is 1. The lowest BCUT2D eigenvalue weighted by Crippen LogP contribution is -2.32. The fourth-order valence-corrected chi connectivity index (χ4v) is 3.02. The summed E-state index contributed by atoms with van der Waals surface area (Å²) in [6, 6.07) is 10.3. The highest BCUT2D eigenvalue weighted by Gasteiger charge is 2.13. The predicted octanol–water partition coefficient (Wildman–Crippen LogP) is 3.11. The molecule has 1 N–H and O–H groups in total. The number of aryl methyl sites for hydroxylation is 1. The van der Waals surface area contributed by atoms with E-state index in [0.717, 1.165) is 53.2 Å². The summed E-state index contributed by atoms with van der Waals surface area (Å²) in [5.74, 6) is 0.798. The van der Waals surface area contributed by atoms with Crippen LogP contribution in [0.3, 0.4) is 0 Å². The van der Waals surface area contributed by atoms with Crippen LogP contribution in [0.4, 0.5) is 5.69 Å². The van der Waals surface area contributed by atoms with Crippen LogP contribution >= 0.6 is 0 Å². The van der Waals surface area contributed by atoms with Gasteiger partial charge in [0.1, 0.15) is 24.4 Å². The Morgan fingerprint density at radius 3 is 2.76 bits per heavy atom. The second kappa shape index (κ2) is 7.66. The van der Waals surface area contributed by atoms with Crippen LogP contribution in [-0.4, -0.2) is 38.3 Å². The summed E-state index contributed by atoms with van der Waals surface area (Å²) in [4.78, 5) is 4.76. The third-order valence-electron chi connectivity index (χ3n) is 4.39. The Kier molecular flexibility index (Phi) is 5.34. The molecule has 1 aromatic rings. The maximum atomic E-state index is 6.17. The SMILES string of the molecule is CCNc1cc2oc3c/c(=[N+](\CC)CCOC)ccc-3nc2cc1C. The van der Waals surface area contributed by atoms with Gasteiger partial charge in [-0.25, -0.2) is 9.56 Å². The van der Waals surface area contributed by atoms with Gasteiger partial charge in [0.05, 0.1) is 6.07 Å². The first kappa shape index (κ1) is 17.4. The van der Waals surface area contributed by atoms with Crippen LogP contribution < -0.4 is 15.2 Å². The van der Waals surface area contributed by atoms with E-state index in [2.05, 4.69) is 48.9 Å². The lowest BCUT2D eigenvalue weighted by atomic mass is 10.1. The number of nitrogens with one attached hydrogen (secondary N) is 1. The largest absolute Gasteiger partial charge is 0.452 e. The van der Waals surface area contributed by atoms with Gasteiger partial charge in [0.25, 0.3) is 0 Å². The van der Waals surface area contributed by atoms with Gasteiger partial charge in [-0.05, 0) is 38.5 Å². The van der Waals surface area contributed by atoms with E-state index in [4.69, 9.17) is 14.1 Å². The smallest absolute Gasteiger partial charge is 0.203 e. The molecular weight excluding hydrogens is 314 g/mol. The average molecular weight is 340 g/mol. The molecule has 0 amide bonds. The van der Waals surface area contributed by atoms with Crippen LogP contribution in [0.1, 0.15) is 19.4 Å². The highest BCUT2D eigenvalue weighted by Crippen LogP contribution is 2.27. The summed E-state index contributed by atoms with van der Waals surface area (Å²) in [6.07, 6.45) is 0. The lowest BCUT2D eigenvalue weighted by Gasteiger charge is -2.11. The molecule has 0 bridgehead atoms. The minimum Gasteiger partial charge on any atom is -0.452 e. The summed E-state index contributed by atoms with van der Waals surface area (Å²) in [5.41, 5.74) is 4.81. The molecular formula is C20H26N3O2+. The van der Waals surface area contributed by atoms with Crippen molar-refractivity contribution in [1.82, 2.24) is 9.56 Å². The van der Waals surface area contributed by atoms with Crippen LogP contribution in [0, 0.1) is 6.92 Å². The molecule has 0 spiro atoms. The van der Waals surface area contributed by atoms with Gasteiger partial charge in [-0.2, -0.15) is 0 Å². The van der Waals surface area contributed by atoms with Crippen molar-refractivity contribution in [2.24, 2.45) is 0 Å². The third-order valence-corrected chi connectivity index (χ3v) is 4.39. The van der Waals surface area contributed by atoms with E-state index in [1.165, 1.54) is 5.56 Å². The number of anilines is 1. The molecule has 0 radical (unpaired) electrons. The van der Waals surface area contributed by atoms with Gasteiger partial charge in [-0.1, -0.05) is 0 Å². The third kappa shape index (κ3) is 3.66. The van der Waals surface area contributed by atoms with Crippen LogP contribution in [-0.2, 0) is 4.74 Å². The van der Waals surface area contributed by atoms with Gasteiger partial charge >= 0.3 is 0 Å². The maximum absolute atomic E-state index is 6.17. The lowest BCUT2D eigenvalue weighted by molar-refractivity contribution is 0.194. The molecule has 2 aliphatic rings. The first-order valence-electron chi connectivity index (χ1n) is 8.82. The molecule has 5 heteroatoms. The summed E-state index contributed by atoms with van der Waals surface area (Å²) in [6.45, 7) is 9.66. The number of nitrogens with zero attached hydrogens (tertiary/aromatic N) is 2. The van der Waals surface area contributed by atoms with Gasteiger partial charge in [-0.15, -0.1) is 0 Å². The van der Waals surface area contributed by atoms with Gasteiger partial charge < -0.3 is 14.5 Å². The Morgan fingerprint density at radius 2 is 2.04 bits per heavy atom. The first-order chi connectivity index (χ1) is 12.2. The second-order valence-corrected chi connectivity index (χ2v) is 6.10. The number of rotatable bonds is 6. The van der Waals surface area contributed by atoms with Crippen molar-refractivity contribution >= 4 is 16.8 Å². The Bertz CT molecular complexity index is 915. The van der Waals surface area contributed by atoms with Crippen LogP contribution in [0.5, 0.6) is 0 Å². The zero-order chi connectivity index (χ0) is 17.8. The average Bonchev–Trinajstić information content (AvgIpc) is 2.61. The molecule has 0 saturated heterocycles. The van der Waals surface area contributed by atoms with E-state index in [0.29, 0.717) is 6.61 Å². The summed E-state index contributed by atoms with van der Waals surface area (Å²) in [7, 11) is 1.73. The fraction of sp³-hybridized carbons (Fsp3) is 0.400. The van der Waals surface area contributed by atoms with E-state index in [1.54, 1.807) is 7.11 Å². The van der Waals surface area contributed by atoms with E-state index >= 15 is 0 Å². The van der Waals surface area contributed by atoms with E-state index < -0.39 is 0 Å². The Balaban J connectivity index is 2.16. The topological polar surface area (TPSA) is 50.3 Å². The number of hydrogen-bond acceptors (Lipinski definition) is 4. The van der Waals surface area contributed by atoms with Gasteiger partial charge in [0, 0.05) is 31.5 Å². The number of fused-ring (bicyclic) bond motifs is 2. The number of aromatic nitrogens is 1. The Morgan fingerprint density at radius 1 is 1.20 bits per heavy atom. The maximum Gasteiger partial charge on any atom is 0.203 e. The molecule has 3 rings (SSSR count). The Hall–Kier alpha value is -2.40. The van der Waals surface area contributed by atoms with Crippen molar-refractivity contribution in [2.75, 3.05) is 38.7 Å². The standard InChI is InChI=1S/C20H25N3O2/c1-5-21-17-13-20-18(11-14(17)3)22-16-8-7-15(12-19(16)25-20)23(6-2)9-10-24-4/h7-8,11-13H,5-6,9-10H2,1-4H3/p+1. The van der Waals surface area contributed by atoms with Crippen molar-refractivity contribution in [3.8, 4) is 11.5 Å². The predicted molar refractivity (Wildman–Crippen MR) is 102 cm³/mol. The van der Waals surface area contributed by atoms with Crippen molar-refractivity contribution < 1.29 is 9.15 Å². The van der Waals surface area contributed by atoms with Gasteiger partial charge in [0.15, 0.2) is 17.9 Å². The minimum atomic E-state index is 0.699. The summed E-state index contributed by atoms with van der Waals surface area (Å²) < 4.78 is 13.6. The van der Waals surface area contributed by atoms with Crippen molar-refractivity contribution in [3.05, 3.63) is 41.3 Å². The molecule has 25 heavy (non-hydrogen) atoms. The van der Waals surface area contributed by atoms with E-state index in [-0.39, 0.29) is 0 Å². The Labute approximate surface area is 148 Å². The number of likely N-dealkylation sites (N-methyl/N-ethyl adjacent to an activating group) is 1. The normalized spacial score (nSPS) is 12.6. The molecule has 1 heterocycles. The van der Waals surface area contributed by atoms with Gasteiger partial charge in [0.2, 0.25) is 5.36 Å². The van der Waals surface area contributed by atoms with Crippen LogP contribution in [0.2, 0.25) is 0 Å². The summed E-state index contributed by atoms with van der Waals surface area (Å²) in [5, 5.41) is 4.49. The van der Waals surface area contributed by atoms with Crippen molar-refractivity contribution in [2.45, 2.75) is 20.8 Å². The molecule has 0 aromatic heterocycles. The van der Waals surface area contributed by atoms with E-state index in [1.807, 2.05) is 12.1 Å². The molecule has 0 unspecified atom stereocenters. The molecule has 1 aliphatic heterocycles. The fourth-order valence-electron chi connectivity index (χ4n) is 3.02. The van der Waals surface area contributed by atoms with Crippen LogP contribution in [0.15, 0.2) is 34.7 Å². The summed E-state index contributed by atoms with van der Waals surface area (Å²) >= 11 is 0. The quantitative estimate of drug-likeness (QED) is 0.553. The molecule has 0 fully saturated rings.